The van der Waals surface area contributed by atoms with Crippen molar-refractivity contribution in [2.45, 2.75) is 51.9 Å². The number of benzene rings is 1. The number of hydrogen-bond acceptors (Lipinski definition) is 0. The number of allylic oxidation sites excluding steroid dienone is 2. The minimum absolute atomic E-state index is 0.558. The number of hydrogen-bond donors (Lipinski definition) is 0. The molecule has 0 aromatic heterocycles. The van der Waals surface area contributed by atoms with Crippen LogP contribution in [0, 0.1) is 29.3 Å². The Balaban J connectivity index is 1.80. The van der Waals surface area contributed by atoms with Gasteiger partial charge in [0.25, 0.3) is 0 Å². The highest BCUT2D eigenvalue weighted by molar-refractivity contribution is 5.19. The highest BCUT2D eigenvalue weighted by atomic mass is 19.2. The largest absolute Gasteiger partial charge is 0.204 e. The fourth-order valence-electron chi connectivity index (χ4n) is 3.21. The van der Waals surface area contributed by atoms with Crippen molar-refractivity contribution in [1.82, 2.24) is 0 Å². The van der Waals surface area contributed by atoms with Gasteiger partial charge in [-0.15, -0.1) is 0 Å². The molecule has 0 nitrogen and oxygen atoms in total. The summed E-state index contributed by atoms with van der Waals surface area (Å²) >= 11 is 0. The first-order valence-corrected chi connectivity index (χ1v) is 7.84. The fourth-order valence-corrected chi connectivity index (χ4v) is 3.21. The second-order valence-electron chi connectivity index (χ2n) is 6.10. The zero-order valence-corrected chi connectivity index (χ0v) is 12.5. The van der Waals surface area contributed by atoms with E-state index in [1.54, 1.807) is 0 Å². The second-order valence-corrected chi connectivity index (χ2v) is 6.10. The minimum Gasteiger partial charge on any atom is -0.204 e. The number of aryl methyl sites for hydroxylation is 1. The van der Waals surface area contributed by atoms with Gasteiger partial charge in [-0.3, -0.25) is 0 Å². The van der Waals surface area contributed by atoms with Gasteiger partial charge in [0, 0.05) is 0 Å². The first-order valence-electron chi connectivity index (χ1n) is 7.84. The predicted octanol–water partition coefficient (Wildman–Crippen LogP) is 5.81. The molecule has 0 N–H and O–H groups in total. The van der Waals surface area contributed by atoms with Gasteiger partial charge < -0.3 is 0 Å². The Labute approximate surface area is 125 Å². The average molecular weight is 296 g/mol. The van der Waals surface area contributed by atoms with Crippen molar-refractivity contribution in [3.63, 3.8) is 0 Å². The number of halogens is 3. The van der Waals surface area contributed by atoms with E-state index in [0.717, 1.165) is 30.9 Å². The standard InChI is InChI=1S/C18H23F3/c1-2-3-4-13-5-7-14(8-6-13)9-10-15-11-16(19)18(21)17(20)12-15/h2-3,11-14H,4-10H2,1H3/b3-2+/t13-,14-. The van der Waals surface area contributed by atoms with Gasteiger partial charge in [-0.1, -0.05) is 25.0 Å². The molecule has 21 heavy (non-hydrogen) atoms. The topological polar surface area (TPSA) is 0 Å². The maximum absolute atomic E-state index is 13.2. The maximum Gasteiger partial charge on any atom is 0.194 e. The monoisotopic (exact) mass is 296 g/mol. The first kappa shape index (κ1) is 16.1. The van der Waals surface area contributed by atoms with Crippen LogP contribution in [0.3, 0.4) is 0 Å². The van der Waals surface area contributed by atoms with Gasteiger partial charge in [0.15, 0.2) is 17.5 Å². The van der Waals surface area contributed by atoms with E-state index in [-0.39, 0.29) is 0 Å². The van der Waals surface area contributed by atoms with Gasteiger partial charge in [0.05, 0.1) is 0 Å². The fraction of sp³-hybridized carbons (Fsp3) is 0.556. The quantitative estimate of drug-likeness (QED) is 0.475. The molecule has 1 aromatic rings. The lowest BCUT2D eigenvalue weighted by Gasteiger charge is -2.28. The molecule has 1 fully saturated rings. The third kappa shape index (κ3) is 4.62. The van der Waals surface area contributed by atoms with Crippen molar-refractivity contribution in [3.8, 4) is 0 Å². The molecule has 0 amide bonds. The minimum atomic E-state index is -1.37. The summed E-state index contributed by atoms with van der Waals surface area (Å²) in [4.78, 5) is 0. The molecule has 0 bridgehead atoms. The molecule has 3 heteroatoms. The van der Waals surface area contributed by atoms with Gasteiger partial charge in [-0.25, -0.2) is 13.2 Å². The molecule has 2 rings (SSSR count). The Morgan fingerprint density at radius 1 is 1.00 bits per heavy atom. The van der Waals surface area contributed by atoms with Crippen LogP contribution in [-0.4, -0.2) is 0 Å². The normalized spacial score (nSPS) is 22.9. The van der Waals surface area contributed by atoms with E-state index in [1.807, 2.05) is 6.92 Å². The zero-order valence-electron chi connectivity index (χ0n) is 12.5. The van der Waals surface area contributed by atoms with Crippen LogP contribution in [0.1, 0.15) is 51.0 Å². The maximum atomic E-state index is 13.2. The lowest BCUT2D eigenvalue weighted by atomic mass is 9.78. The van der Waals surface area contributed by atoms with Crippen molar-refractivity contribution >= 4 is 0 Å². The molecule has 0 aliphatic heterocycles. The van der Waals surface area contributed by atoms with Crippen LogP contribution in [0.5, 0.6) is 0 Å². The Morgan fingerprint density at radius 3 is 2.14 bits per heavy atom. The summed E-state index contributed by atoms with van der Waals surface area (Å²) in [6.45, 7) is 2.05. The molecule has 0 heterocycles. The summed E-state index contributed by atoms with van der Waals surface area (Å²) in [7, 11) is 0. The molecular weight excluding hydrogens is 273 g/mol. The lowest BCUT2D eigenvalue weighted by Crippen LogP contribution is -2.14. The SMILES string of the molecule is C/C=C/C[C@H]1CC[C@H](CCc2cc(F)c(F)c(F)c2)CC1. The molecule has 0 radical (unpaired) electrons. The summed E-state index contributed by atoms with van der Waals surface area (Å²) in [5.41, 5.74) is 0.558. The zero-order chi connectivity index (χ0) is 15.2. The van der Waals surface area contributed by atoms with Gasteiger partial charge in [-0.2, -0.15) is 0 Å². The van der Waals surface area contributed by atoms with Crippen molar-refractivity contribution in [2.24, 2.45) is 11.8 Å². The van der Waals surface area contributed by atoms with Crippen molar-refractivity contribution in [3.05, 3.63) is 47.3 Å². The average Bonchev–Trinajstić information content (AvgIpc) is 2.49. The molecular formula is C18H23F3. The lowest BCUT2D eigenvalue weighted by molar-refractivity contribution is 0.265. The molecule has 0 atom stereocenters. The van der Waals surface area contributed by atoms with Crippen LogP contribution in [0.25, 0.3) is 0 Å². The molecule has 1 aliphatic rings. The summed E-state index contributed by atoms with van der Waals surface area (Å²) in [5.74, 6) is -2.12. The molecule has 0 unspecified atom stereocenters. The van der Waals surface area contributed by atoms with Crippen molar-refractivity contribution in [2.75, 3.05) is 0 Å². The third-order valence-corrected chi connectivity index (χ3v) is 4.56. The van der Waals surface area contributed by atoms with Crippen LogP contribution in [0.2, 0.25) is 0 Å². The summed E-state index contributed by atoms with van der Waals surface area (Å²) in [5, 5.41) is 0. The Kier molecular flexibility index (Phi) is 5.89. The Morgan fingerprint density at radius 2 is 1.57 bits per heavy atom. The highest BCUT2D eigenvalue weighted by Gasteiger charge is 2.20. The predicted molar refractivity (Wildman–Crippen MR) is 79.5 cm³/mol. The van der Waals surface area contributed by atoms with E-state index in [2.05, 4.69) is 12.2 Å². The first-order chi connectivity index (χ1) is 10.1. The molecule has 1 aliphatic carbocycles. The van der Waals surface area contributed by atoms with Gasteiger partial charge >= 0.3 is 0 Å². The third-order valence-electron chi connectivity index (χ3n) is 4.56. The van der Waals surface area contributed by atoms with E-state index >= 15 is 0 Å². The van der Waals surface area contributed by atoms with Crippen LogP contribution >= 0.6 is 0 Å². The van der Waals surface area contributed by atoms with Gasteiger partial charge in [-0.05, 0) is 68.6 Å². The smallest absolute Gasteiger partial charge is 0.194 e. The van der Waals surface area contributed by atoms with Crippen LogP contribution in [0.15, 0.2) is 24.3 Å². The summed E-state index contributed by atoms with van der Waals surface area (Å²) in [6, 6.07) is 2.24. The summed E-state index contributed by atoms with van der Waals surface area (Å²) in [6.07, 6.45) is 11.9. The van der Waals surface area contributed by atoms with E-state index < -0.39 is 17.5 Å². The number of rotatable bonds is 5. The molecule has 0 spiro atoms. The van der Waals surface area contributed by atoms with Crippen molar-refractivity contribution < 1.29 is 13.2 Å². The second kappa shape index (κ2) is 7.67. The Hall–Kier alpha value is -1.25. The van der Waals surface area contributed by atoms with Gasteiger partial charge in [0.1, 0.15) is 0 Å². The molecule has 1 saturated carbocycles. The van der Waals surface area contributed by atoms with Gasteiger partial charge in [0.2, 0.25) is 0 Å². The van der Waals surface area contributed by atoms with E-state index in [9.17, 15) is 13.2 Å². The molecule has 1 aromatic carbocycles. The van der Waals surface area contributed by atoms with E-state index in [1.165, 1.54) is 25.7 Å². The van der Waals surface area contributed by atoms with Crippen LogP contribution in [0.4, 0.5) is 13.2 Å². The van der Waals surface area contributed by atoms with Crippen LogP contribution < -0.4 is 0 Å². The molecule has 116 valence electrons. The summed E-state index contributed by atoms with van der Waals surface area (Å²) < 4.78 is 39.2. The highest BCUT2D eigenvalue weighted by Crippen LogP contribution is 2.33. The van der Waals surface area contributed by atoms with Crippen molar-refractivity contribution in [1.29, 1.82) is 0 Å². The molecule has 0 saturated heterocycles. The van der Waals surface area contributed by atoms with E-state index in [4.69, 9.17) is 0 Å². The van der Waals surface area contributed by atoms with E-state index in [0.29, 0.717) is 17.9 Å². The Bertz CT molecular complexity index is 462. The van der Waals surface area contributed by atoms with Crippen LogP contribution in [-0.2, 0) is 6.42 Å².